The minimum Gasteiger partial charge on any atom is -0.489 e. The van der Waals surface area contributed by atoms with E-state index >= 15 is 0 Å². The van der Waals surface area contributed by atoms with Crippen LogP contribution in [0.5, 0.6) is 5.75 Å². The Morgan fingerprint density at radius 1 is 0.903 bits per heavy atom. The molecule has 0 N–H and O–H groups in total. The Bertz CT molecular complexity index is 970. The molecule has 0 amide bonds. The van der Waals surface area contributed by atoms with Crippen molar-refractivity contribution in [2.75, 3.05) is 26.9 Å². The second-order valence-electron chi connectivity index (χ2n) is 8.52. The molecular formula is C27H32ClNOS. The molecule has 0 aliphatic heterocycles. The Labute approximate surface area is 197 Å². The molecule has 1 unspecified atom stereocenters. The highest BCUT2D eigenvalue weighted by molar-refractivity contribution is 7.98. The molecular weight excluding hydrogens is 422 g/mol. The molecule has 164 valence electrons. The van der Waals surface area contributed by atoms with Gasteiger partial charge >= 0.3 is 0 Å². The lowest BCUT2D eigenvalue weighted by Gasteiger charge is -2.27. The van der Waals surface area contributed by atoms with Crippen molar-refractivity contribution >= 4 is 24.2 Å². The van der Waals surface area contributed by atoms with Gasteiger partial charge in [-0.3, -0.25) is 0 Å². The van der Waals surface area contributed by atoms with Crippen LogP contribution in [0, 0.1) is 5.92 Å². The number of rotatable bonds is 7. The second kappa shape index (κ2) is 11.1. The third-order valence-electron chi connectivity index (χ3n) is 5.91. The lowest BCUT2D eigenvalue weighted by atomic mass is 9.83. The van der Waals surface area contributed by atoms with Crippen molar-refractivity contribution in [3.63, 3.8) is 0 Å². The van der Waals surface area contributed by atoms with Gasteiger partial charge in [0.05, 0.1) is 0 Å². The third kappa shape index (κ3) is 6.29. The van der Waals surface area contributed by atoms with E-state index in [1.807, 2.05) is 0 Å². The molecule has 0 radical (unpaired) electrons. The van der Waals surface area contributed by atoms with Gasteiger partial charge in [-0.25, -0.2) is 0 Å². The fraction of sp³-hybridized carbons (Fsp3) is 0.333. The number of ether oxygens (including phenoxy) is 1. The molecule has 2 nitrogen and oxygen atoms in total. The van der Waals surface area contributed by atoms with Gasteiger partial charge in [0.25, 0.3) is 0 Å². The molecule has 3 aromatic carbocycles. The van der Waals surface area contributed by atoms with Crippen molar-refractivity contribution < 1.29 is 4.74 Å². The molecule has 4 rings (SSSR count). The second-order valence-corrected chi connectivity index (χ2v) is 9.40. The number of hydrogen-bond donors (Lipinski definition) is 0. The van der Waals surface area contributed by atoms with E-state index in [1.165, 1.54) is 52.1 Å². The number of aryl methyl sites for hydroxylation is 1. The largest absolute Gasteiger partial charge is 0.489 e. The molecule has 0 spiro atoms. The first-order valence-electron chi connectivity index (χ1n) is 10.7. The van der Waals surface area contributed by atoms with Crippen LogP contribution in [0.3, 0.4) is 0 Å². The smallest absolute Gasteiger partial charge is 0.120 e. The van der Waals surface area contributed by atoms with Crippen molar-refractivity contribution in [3.8, 4) is 16.9 Å². The van der Waals surface area contributed by atoms with Gasteiger partial charge < -0.3 is 9.64 Å². The van der Waals surface area contributed by atoms with Gasteiger partial charge in [-0.05, 0) is 97.6 Å². The molecule has 3 aromatic rings. The molecule has 4 heteroatoms. The maximum absolute atomic E-state index is 6.11. The quantitative estimate of drug-likeness (QED) is 0.367. The number of halogens is 1. The zero-order valence-corrected chi connectivity index (χ0v) is 20.3. The lowest BCUT2D eigenvalue weighted by molar-refractivity contribution is 0.297. The molecule has 1 aliphatic rings. The zero-order valence-electron chi connectivity index (χ0n) is 18.6. The highest BCUT2D eigenvalue weighted by Gasteiger charge is 2.19. The Morgan fingerprint density at radius 3 is 2.23 bits per heavy atom. The summed E-state index contributed by atoms with van der Waals surface area (Å²) in [6, 6.07) is 24.1. The van der Waals surface area contributed by atoms with Crippen molar-refractivity contribution in [3.05, 3.63) is 83.4 Å². The summed E-state index contributed by atoms with van der Waals surface area (Å²) in [5.41, 5.74) is 6.65. The van der Waals surface area contributed by atoms with Crippen LogP contribution in [0.4, 0.5) is 0 Å². The topological polar surface area (TPSA) is 12.5 Å². The highest BCUT2D eigenvalue weighted by Crippen LogP contribution is 2.29. The molecule has 0 heterocycles. The normalized spacial score (nSPS) is 15.3. The standard InChI is InChI=1S/C27H31NOS.ClH/c1-28(2)18-21-6-9-25-17-26(13-10-24(25)16-21)29-19-20-4-7-22(8-5-20)23-11-14-27(30-3)15-12-23;/h4-5,7-8,10-15,17,21H,6,9,16,18-19H2,1-3H3;1H. The summed E-state index contributed by atoms with van der Waals surface area (Å²) in [6.45, 7) is 1.78. The van der Waals surface area contributed by atoms with E-state index in [0.717, 1.165) is 18.1 Å². The van der Waals surface area contributed by atoms with Crippen molar-refractivity contribution in [1.82, 2.24) is 4.90 Å². The van der Waals surface area contributed by atoms with Gasteiger partial charge in [0.15, 0.2) is 0 Å². The van der Waals surface area contributed by atoms with Gasteiger partial charge in [0, 0.05) is 11.4 Å². The summed E-state index contributed by atoms with van der Waals surface area (Å²) in [6.07, 6.45) is 5.73. The van der Waals surface area contributed by atoms with Gasteiger partial charge in [-0.1, -0.05) is 42.5 Å². The minimum atomic E-state index is 0. The van der Waals surface area contributed by atoms with E-state index < -0.39 is 0 Å². The van der Waals surface area contributed by atoms with Crippen LogP contribution < -0.4 is 4.74 Å². The van der Waals surface area contributed by atoms with Gasteiger partial charge in [0.2, 0.25) is 0 Å². The van der Waals surface area contributed by atoms with Crippen LogP contribution in [0.1, 0.15) is 23.1 Å². The Morgan fingerprint density at radius 2 is 1.58 bits per heavy atom. The van der Waals surface area contributed by atoms with E-state index in [4.69, 9.17) is 4.74 Å². The monoisotopic (exact) mass is 453 g/mol. The third-order valence-corrected chi connectivity index (χ3v) is 6.66. The van der Waals surface area contributed by atoms with E-state index in [2.05, 4.69) is 92.0 Å². The molecule has 0 bridgehead atoms. The van der Waals surface area contributed by atoms with E-state index in [1.54, 1.807) is 11.8 Å². The molecule has 1 aliphatic carbocycles. The van der Waals surface area contributed by atoms with Crippen molar-refractivity contribution in [2.45, 2.75) is 30.8 Å². The first-order valence-corrected chi connectivity index (χ1v) is 12.0. The fourth-order valence-electron chi connectivity index (χ4n) is 4.31. The van der Waals surface area contributed by atoms with Crippen molar-refractivity contribution in [2.24, 2.45) is 5.92 Å². The summed E-state index contributed by atoms with van der Waals surface area (Å²) in [7, 11) is 4.33. The number of thioether (sulfide) groups is 1. The molecule has 1 atom stereocenters. The zero-order chi connectivity index (χ0) is 20.9. The number of benzene rings is 3. The van der Waals surface area contributed by atoms with Gasteiger partial charge in [0.1, 0.15) is 12.4 Å². The lowest BCUT2D eigenvalue weighted by Crippen LogP contribution is -2.26. The van der Waals surface area contributed by atoms with E-state index in [9.17, 15) is 0 Å². The molecule has 0 saturated heterocycles. The maximum atomic E-state index is 6.11. The van der Waals surface area contributed by atoms with Gasteiger partial charge in [-0.15, -0.1) is 24.2 Å². The van der Waals surface area contributed by atoms with Crippen LogP contribution in [0.2, 0.25) is 0 Å². The predicted octanol–water partition coefficient (Wildman–Crippen LogP) is 6.74. The van der Waals surface area contributed by atoms with Crippen LogP contribution >= 0.6 is 24.2 Å². The summed E-state index contributed by atoms with van der Waals surface area (Å²) in [5.74, 6) is 1.76. The summed E-state index contributed by atoms with van der Waals surface area (Å²) in [5, 5.41) is 0. The Balaban J connectivity index is 0.00000272. The SMILES string of the molecule is CSc1ccc(-c2ccc(COc3ccc4c(c3)CCC(CN(C)C)C4)cc2)cc1.Cl. The van der Waals surface area contributed by atoms with Crippen LogP contribution in [-0.4, -0.2) is 31.8 Å². The van der Waals surface area contributed by atoms with E-state index in [0.29, 0.717) is 6.61 Å². The first-order chi connectivity index (χ1) is 14.6. The molecule has 31 heavy (non-hydrogen) atoms. The summed E-state index contributed by atoms with van der Waals surface area (Å²) in [4.78, 5) is 3.60. The fourth-order valence-corrected chi connectivity index (χ4v) is 4.72. The minimum absolute atomic E-state index is 0. The number of fused-ring (bicyclic) bond motifs is 1. The first kappa shape index (κ1) is 23.7. The predicted molar refractivity (Wildman–Crippen MR) is 136 cm³/mol. The Hall–Kier alpha value is -1.94. The average molecular weight is 454 g/mol. The summed E-state index contributed by atoms with van der Waals surface area (Å²) >= 11 is 1.77. The van der Waals surface area contributed by atoms with Crippen LogP contribution in [-0.2, 0) is 19.4 Å². The highest BCUT2D eigenvalue weighted by atomic mass is 35.5. The van der Waals surface area contributed by atoms with E-state index in [-0.39, 0.29) is 12.4 Å². The maximum Gasteiger partial charge on any atom is 0.120 e. The van der Waals surface area contributed by atoms with Crippen LogP contribution in [0.15, 0.2) is 71.6 Å². The van der Waals surface area contributed by atoms with Crippen molar-refractivity contribution in [1.29, 1.82) is 0 Å². The number of hydrogen-bond acceptors (Lipinski definition) is 3. The average Bonchev–Trinajstić information content (AvgIpc) is 2.77. The number of nitrogens with zero attached hydrogens (tertiary/aromatic N) is 1. The molecule has 0 fully saturated rings. The van der Waals surface area contributed by atoms with Gasteiger partial charge in [-0.2, -0.15) is 0 Å². The molecule has 0 saturated carbocycles. The summed E-state index contributed by atoms with van der Waals surface area (Å²) < 4.78 is 6.11. The Kier molecular flexibility index (Phi) is 8.48. The van der Waals surface area contributed by atoms with Crippen LogP contribution in [0.25, 0.3) is 11.1 Å². The molecule has 0 aromatic heterocycles.